The van der Waals surface area contributed by atoms with Gasteiger partial charge in [0.25, 0.3) is 11.8 Å². The van der Waals surface area contributed by atoms with E-state index < -0.39 is 30.9 Å². The van der Waals surface area contributed by atoms with Crippen LogP contribution in [0.1, 0.15) is 17.3 Å². The molecule has 0 atom stereocenters. The lowest BCUT2D eigenvalue weighted by Gasteiger charge is -2.28. The van der Waals surface area contributed by atoms with Crippen molar-refractivity contribution < 1.29 is 28.7 Å². The molecule has 2 aromatic rings. The largest absolute Gasteiger partial charge is 0.493 e. The molecule has 2 N–H and O–H groups in total. The van der Waals surface area contributed by atoms with Crippen LogP contribution in [0.5, 0.6) is 5.75 Å². The third-order valence-electron chi connectivity index (χ3n) is 4.25. The Balaban J connectivity index is 1.52. The van der Waals surface area contributed by atoms with E-state index in [2.05, 4.69) is 10.6 Å². The standard InChI is InChI=1S/C21H21N3O6/c1-2-29-17-10-6-3-7-14(17)21(28)22-11-20(27)30-13-19(26)24-12-18(25)23-15-8-4-5-9-16(15)24/h3-10H,2,11-13H2,1H3,(H,22,28)(H,23,25). The molecule has 9 nitrogen and oxygen atoms in total. The molecule has 0 spiro atoms. The minimum atomic E-state index is -0.777. The van der Waals surface area contributed by atoms with Crippen molar-refractivity contribution in [3.63, 3.8) is 0 Å². The lowest BCUT2D eigenvalue weighted by molar-refractivity contribution is -0.146. The number of benzene rings is 2. The maximum absolute atomic E-state index is 12.5. The highest BCUT2D eigenvalue weighted by Crippen LogP contribution is 2.28. The molecule has 0 saturated carbocycles. The van der Waals surface area contributed by atoms with E-state index in [9.17, 15) is 19.2 Å². The van der Waals surface area contributed by atoms with Gasteiger partial charge in [0.2, 0.25) is 5.91 Å². The zero-order valence-corrected chi connectivity index (χ0v) is 16.3. The van der Waals surface area contributed by atoms with Crippen LogP contribution < -0.4 is 20.3 Å². The molecule has 1 aliphatic rings. The monoisotopic (exact) mass is 411 g/mol. The minimum Gasteiger partial charge on any atom is -0.493 e. The van der Waals surface area contributed by atoms with Gasteiger partial charge in [-0.25, -0.2) is 0 Å². The van der Waals surface area contributed by atoms with E-state index in [1.807, 2.05) is 0 Å². The number of hydrogen-bond acceptors (Lipinski definition) is 6. The number of rotatable bonds is 7. The molecule has 0 aromatic heterocycles. The second-order valence-electron chi connectivity index (χ2n) is 6.32. The number of fused-ring (bicyclic) bond motifs is 1. The Bertz CT molecular complexity index is 975. The number of esters is 1. The third kappa shape index (κ3) is 4.93. The molecule has 0 fully saturated rings. The van der Waals surface area contributed by atoms with E-state index in [0.717, 1.165) is 0 Å². The predicted molar refractivity (Wildman–Crippen MR) is 108 cm³/mol. The zero-order chi connectivity index (χ0) is 21.5. The Kier molecular flexibility index (Phi) is 6.63. The molecule has 0 radical (unpaired) electrons. The van der Waals surface area contributed by atoms with Crippen LogP contribution in [0.15, 0.2) is 48.5 Å². The normalized spacial score (nSPS) is 12.4. The van der Waals surface area contributed by atoms with Crippen molar-refractivity contribution in [3.8, 4) is 5.75 Å². The van der Waals surface area contributed by atoms with Crippen molar-refractivity contribution in [2.75, 3.05) is 36.5 Å². The highest BCUT2D eigenvalue weighted by atomic mass is 16.5. The fraction of sp³-hybridized carbons (Fsp3) is 0.238. The summed E-state index contributed by atoms with van der Waals surface area (Å²) < 4.78 is 10.4. The molecule has 1 heterocycles. The van der Waals surface area contributed by atoms with Gasteiger partial charge in [0.1, 0.15) is 18.8 Å². The summed E-state index contributed by atoms with van der Waals surface area (Å²) in [5, 5.41) is 5.11. The van der Waals surface area contributed by atoms with Gasteiger partial charge in [0.15, 0.2) is 6.61 Å². The van der Waals surface area contributed by atoms with Crippen molar-refractivity contribution in [3.05, 3.63) is 54.1 Å². The topological polar surface area (TPSA) is 114 Å². The summed E-state index contributed by atoms with van der Waals surface area (Å²) in [4.78, 5) is 49.7. The van der Waals surface area contributed by atoms with Crippen LogP contribution in [-0.2, 0) is 19.1 Å². The summed E-state index contributed by atoms with van der Waals surface area (Å²) in [5.74, 6) is -1.75. The second kappa shape index (κ2) is 9.55. The Labute approximate surface area is 172 Å². The fourth-order valence-electron chi connectivity index (χ4n) is 2.91. The summed E-state index contributed by atoms with van der Waals surface area (Å²) in [5.41, 5.74) is 1.33. The van der Waals surface area contributed by atoms with Crippen LogP contribution >= 0.6 is 0 Å². The number of anilines is 2. The molecule has 3 amide bonds. The first-order chi connectivity index (χ1) is 14.5. The van der Waals surface area contributed by atoms with Gasteiger partial charge in [0.05, 0.1) is 23.5 Å². The first kappa shape index (κ1) is 20.8. The molecular formula is C21H21N3O6. The third-order valence-corrected chi connectivity index (χ3v) is 4.25. The summed E-state index contributed by atoms with van der Waals surface area (Å²) in [6.07, 6.45) is 0. The quantitative estimate of drug-likeness (QED) is 0.665. The highest BCUT2D eigenvalue weighted by molar-refractivity contribution is 6.10. The summed E-state index contributed by atoms with van der Waals surface area (Å²) in [7, 11) is 0. The molecule has 0 bridgehead atoms. The van der Waals surface area contributed by atoms with Crippen LogP contribution in [0.2, 0.25) is 0 Å². The molecule has 1 aliphatic heterocycles. The van der Waals surface area contributed by atoms with E-state index in [4.69, 9.17) is 9.47 Å². The number of amides is 3. The van der Waals surface area contributed by atoms with Gasteiger partial charge in [0, 0.05) is 0 Å². The number of ether oxygens (including phenoxy) is 2. The van der Waals surface area contributed by atoms with Crippen LogP contribution in [0.25, 0.3) is 0 Å². The summed E-state index contributed by atoms with van der Waals surface area (Å²) in [6, 6.07) is 13.5. The smallest absolute Gasteiger partial charge is 0.325 e. The van der Waals surface area contributed by atoms with Crippen molar-refractivity contribution in [2.24, 2.45) is 0 Å². The van der Waals surface area contributed by atoms with Gasteiger partial charge in [-0.15, -0.1) is 0 Å². The molecule has 0 unspecified atom stereocenters. The van der Waals surface area contributed by atoms with Gasteiger partial charge in [-0.3, -0.25) is 24.1 Å². The van der Waals surface area contributed by atoms with Crippen molar-refractivity contribution in [2.45, 2.75) is 6.92 Å². The van der Waals surface area contributed by atoms with Crippen molar-refractivity contribution >= 4 is 35.1 Å². The lowest BCUT2D eigenvalue weighted by atomic mass is 10.2. The maximum atomic E-state index is 12.5. The Morgan fingerprint density at radius 1 is 1.10 bits per heavy atom. The van der Waals surface area contributed by atoms with Gasteiger partial charge >= 0.3 is 5.97 Å². The average Bonchev–Trinajstić information content (AvgIpc) is 2.75. The minimum absolute atomic E-state index is 0.168. The van der Waals surface area contributed by atoms with Crippen LogP contribution in [-0.4, -0.2) is 50.0 Å². The maximum Gasteiger partial charge on any atom is 0.325 e. The van der Waals surface area contributed by atoms with E-state index in [1.165, 1.54) is 4.90 Å². The number of carbonyl (C=O) groups excluding carboxylic acids is 4. The Morgan fingerprint density at radius 3 is 2.63 bits per heavy atom. The molecular weight excluding hydrogens is 390 g/mol. The van der Waals surface area contributed by atoms with Gasteiger partial charge in [-0.2, -0.15) is 0 Å². The average molecular weight is 411 g/mol. The number of para-hydroxylation sites is 3. The van der Waals surface area contributed by atoms with E-state index in [0.29, 0.717) is 29.3 Å². The second-order valence-corrected chi connectivity index (χ2v) is 6.32. The molecule has 9 heteroatoms. The van der Waals surface area contributed by atoms with Crippen LogP contribution in [0.3, 0.4) is 0 Å². The molecule has 0 aliphatic carbocycles. The number of nitrogens with zero attached hydrogens (tertiary/aromatic N) is 1. The molecule has 3 rings (SSSR count). The first-order valence-corrected chi connectivity index (χ1v) is 9.34. The number of nitrogens with one attached hydrogen (secondary N) is 2. The van der Waals surface area contributed by atoms with Crippen LogP contribution in [0.4, 0.5) is 11.4 Å². The molecule has 156 valence electrons. The summed E-state index contributed by atoms with van der Waals surface area (Å²) in [6.45, 7) is 1.06. The Hall–Kier alpha value is -3.88. The van der Waals surface area contributed by atoms with E-state index in [-0.39, 0.29) is 12.5 Å². The molecule has 2 aromatic carbocycles. The molecule has 0 saturated heterocycles. The lowest BCUT2D eigenvalue weighted by Crippen LogP contribution is -2.44. The highest BCUT2D eigenvalue weighted by Gasteiger charge is 2.27. The summed E-state index contributed by atoms with van der Waals surface area (Å²) >= 11 is 0. The number of hydrogen-bond donors (Lipinski definition) is 2. The molecule has 30 heavy (non-hydrogen) atoms. The van der Waals surface area contributed by atoms with E-state index in [1.54, 1.807) is 55.5 Å². The fourth-order valence-corrected chi connectivity index (χ4v) is 2.91. The zero-order valence-electron chi connectivity index (χ0n) is 16.3. The van der Waals surface area contributed by atoms with Gasteiger partial charge in [-0.1, -0.05) is 24.3 Å². The van der Waals surface area contributed by atoms with Gasteiger partial charge < -0.3 is 20.1 Å². The van der Waals surface area contributed by atoms with E-state index >= 15 is 0 Å². The first-order valence-electron chi connectivity index (χ1n) is 9.34. The SMILES string of the molecule is CCOc1ccccc1C(=O)NCC(=O)OCC(=O)N1CC(=O)Nc2ccccc21. The van der Waals surface area contributed by atoms with Crippen molar-refractivity contribution in [1.29, 1.82) is 0 Å². The van der Waals surface area contributed by atoms with Crippen LogP contribution in [0, 0.1) is 0 Å². The Morgan fingerprint density at radius 2 is 1.83 bits per heavy atom. The predicted octanol–water partition coefficient (Wildman–Crippen LogP) is 1.34. The number of carbonyl (C=O) groups is 4. The van der Waals surface area contributed by atoms with Gasteiger partial charge in [-0.05, 0) is 31.2 Å². The van der Waals surface area contributed by atoms with Crippen molar-refractivity contribution in [1.82, 2.24) is 5.32 Å².